The summed E-state index contributed by atoms with van der Waals surface area (Å²) in [6.45, 7) is 6.11. The number of nitrogens with one attached hydrogen (secondary N) is 3. The van der Waals surface area contributed by atoms with Gasteiger partial charge in [-0.05, 0) is 18.3 Å². The van der Waals surface area contributed by atoms with Crippen molar-refractivity contribution in [1.29, 1.82) is 0 Å². The van der Waals surface area contributed by atoms with E-state index in [0.717, 1.165) is 0 Å². The maximum Gasteiger partial charge on any atom is 0.322 e. The van der Waals surface area contributed by atoms with Crippen LogP contribution < -0.4 is 21.7 Å². The van der Waals surface area contributed by atoms with Gasteiger partial charge in [0, 0.05) is 0 Å². The molecule has 4 unspecified atom stereocenters. The average molecular weight is 388 g/mol. The highest BCUT2D eigenvalue weighted by atomic mass is 16.4. The van der Waals surface area contributed by atoms with Gasteiger partial charge in [-0.1, -0.05) is 34.1 Å². The molecule has 0 saturated heterocycles. The van der Waals surface area contributed by atoms with Gasteiger partial charge < -0.3 is 31.9 Å². The van der Waals surface area contributed by atoms with Crippen LogP contribution in [0.15, 0.2) is 0 Å². The van der Waals surface area contributed by atoms with Crippen molar-refractivity contribution < 1.29 is 29.4 Å². The van der Waals surface area contributed by atoms with Gasteiger partial charge in [0.25, 0.3) is 0 Å². The molecule has 0 bridgehead atoms. The number of carbonyl (C=O) groups excluding carboxylic acids is 3. The van der Waals surface area contributed by atoms with Gasteiger partial charge >= 0.3 is 5.97 Å². The number of amides is 3. The lowest BCUT2D eigenvalue weighted by atomic mass is 9.97. The quantitative estimate of drug-likeness (QED) is 0.238. The minimum atomic E-state index is -1.33. The average Bonchev–Trinajstić information content (AvgIpc) is 2.61. The largest absolute Gasteiger partial charge is 0.480 e. The predicted molar refractivity (Wildman–Crippen MR) is 98.5 cm³/mol. The first-order chi connectivity index (χ1) is 12.5. The second-order valence-corrected chi connectivity index (χ2v) is 6.96. The Balaban J connectivity index is 5.05. The van der Waals surface area contributed by atoms with Crippen molar-refractivity contribution in [1.82, 2.24) is 16.0 Å². The molecule has 10 nitrogen and oxygen atoms in total. The Kier molecular flexibility index (Phi) is 11.2. The molecular formula is C17H32N4O6. The number of aliphatic hydroxyl groups is 1. The van der Waals surface area contributed by atoms with Crippen LogP contribution in [-0.2, 0) is 19.2 Å². The van der Waals surface area contributed by atoms with Crippen molar-refractivity contribution in [3.05, 3.63) is 0 Å². The number of rotatable bonds is 12. The molecule has 10 heteroatoms. The summed E-state index contributed by atoms with van der Waals surface area (Å²) in [4.78, 5) is 47.2. The fourth-order valence-corrected chi connectivity index (χ4v) is 2.24. The van der Waals surface area contributed by atoms with Crippen molar-refractivity contribution in [3.63, 3.8) is 0 Å². The zero-order valence-corrected chi connectivity index (χ0v) is 16.3. The van der Waals surface area contributed by atoms with E-state index in [1.807, 2.05) is 27.7 Å². The zero-order chi connectivity index (χ0) is 21.1. The molecule has 0 aliphatic carbocycles. The highest BCUT2D eigenvalue weighted by Gasteiger charge is 2.29. The third-order valence-electron chi connectivity index (χ3n) is 4.13. The summed E-state index contributed by atoms with van der Waals surface area (Å²) >= 11 is 0. The Morgan fingerprint density at radius 1 is 0.963 bits per heavy atom. The van der Waals surface area contributed by atoms with Crippen LogP contribution in [0.4, 0.5) is 0 Å². The van der Waals surface area contributed by atoms with E-state index in [1.54, 1.807) is 0 Å². The number of carbonyl (C=O) groups is 4. The van der Waals surface area contributed by atoms with E-state index < -0.39 is 55.0 Å². The Hall–Kier alpha value is -2.20. The lowest BCUT2D eigenvalue weighted by Crippen LogP contribution is -2.57. The van der Waals surface area contributed by atoms with Gasteiger partial charge in [0.05, 0.1) is 12.6 Å². The van der Waals surface area contributed by atoms with Gasteiger partial charge in [-0.2, -0.15) is 0 Å². The molecule has 4 atom stereocenters. The lowest BCUT2D eigenvalue weighted by Gasteiger charge is -2.25. The van der Waals surface area contributed by atoms with E-state index in [2.05, 4.69) is 16.0 Å². The maximum absolute atomic E-state index is 12.5. The molecule has 7 N–H and O–H groups in total. The second kappa shape index (κ2) is 12.2. The van der Waals surface area contributed by atoms with E-state index in [0.29, 0.717) is 12.8 Å². The fraction of sp³-hybridized carbons (Fsp3) is 0.765. The first kappa shape index (κ1) is 24.8. The summed E-state index contributed by atoms with van der Waals surface area (Å²) in [6, 6.07) is -3.04. The summed E-state index contributed by atoms with van der Waals surface area (Å²) in [5.74, 6) is -3.22. The van der Waals surface area contributed by atoms with Gasteiger partial charge in [0.15, 0.2) is 0 Å². The van der Waals surface area contributed by atoms with Crippen molar-refractivity contribution in [2.75, 3.05) is 13.2 Å². The SMILES string of the molecule is CCC(C)C(N)C(=O)NC(CC(C)C)C(=O)NC(CO)C(=O)NCC(=O)O. The summed E-state index contributed by atoms with van der Waals surface area (Å²) in [5, 5.41) is 24.9. The third-order valence-corrected chi connectivity index (χ3v) is 4.13. The first-order valence-corrected chi connectivity index (χ1v) is 9.00. The molecule has 0 radical (unpaired) electrons. The third kappa shape index (κ3) is 9.34. The van der Waals surface area contributed by atoms with Crippen LogP contribution in [-0.4, -0.2) is 65.2 Å². The highest BCUT2D eigenvalue weighted by molar-refractivity contribution is 5.93. The molecule has 0 aliphatic heterocycles. The Morgan fingerprint density at radius 3 is 1.96 bits per heavy atom. The molecule has 0 saturated carbocycles. The molecule has 27 heavy (non-hydrogen) atoms. The number of aliphatic hydroxyl groups excluding tert-OH is 1. The normalized spacial score (nSPS) is 15.4. The van der Waals surface area contributed by atoms with Crippen LogP contribution in [0, 0.1) is 11.8 Å². The van der Waals surface area contributed by atoms with Crippen LogP contribution >= 0.6 is 0 Å². The van der Waals surface area contributed by atoms with Gasteiger partial charge in [-0.3, -0.25) is 19.2 Å². The van der Waals surface area contributed by atoms with Crippen LogP contribution in [0.3, 0.4) is 0 Å². The number of hydrogen-bond acceptors (Lipinski definition) is 6. The molecule has 0 aliphatic rings. The van der Waals surface area contributed by atoms with Crippen LogP contribution in [0.1, 0.15) is 40.5 Å². The van der Waals surface area contributed by atoms with E-state index in [9.17, 15) is 24.3 Å². The maximum atomic E-state index is 12.5. The number of hydrogen-bond donors (Lipinski definition) is 6. The van der Waals surface area contributed by atoms with E-state index in [4.69, 9.17) is 10.8 Å². The van der Waals surface area contributed by atoms with Gasteiger partial charge in [-0.25, -0.2) is 0 Å². The second-order valence-electron chi connectivity index (χ2n) is 6.96. The Labute approximate surface area is 159 Å². The molecule has 156 valence electrons. The summed E-state index contributed by atoms with van der Waals surface area (Å²) in [5.41, 5.74) is 5.89. The van der Waals surface area contributed by atoms with Crippen molar-refractivity contribution in [2.24, 2.45) is 17.6 Å². The molecule has 0 aromatic heterocycles. The molecule has 0 rings (SSSR count). The van der Waals surface area contributed by atoms with E-state index in [-0.39, 0.29) is 11.8 Å². The molecule has 0 heterocycles. The first-order valence-electron chi connectivity index (χ1n) is 9.00. The van der Waals surface area contributed by atoms with Gasteiger partial charge in [0.1, 0.15) is 18.6 Å². The smallest absolute Gasteiger partial charge is 0.322 e. The molecular weight excluding hydrogens is 356 g/mol. The molecule has 3 amide bonds. The van der Waals surface area contributed by atoms with Crippen molar-refractivity contribution >= 4 is 23.7 Å². The number of nitrogens with two attached hydrogens (primary N) is 1. The number of aliphatic carboxylic acids is 1. The van der Waals surface area contributed by atoms with E-state index >= 15 is 0 Å². The minimum Gasteiger partial charge on any atom is -0.480 e. The van der Waals surface area contributed by atoms with Gasteiger partial charge in [-0.15, -0.1) is 0 Å². The summed E-state index contributed by atoms with van der Waals surface area (Å²) < 4.78 is 0. The number of carboxylic acid groups (broad SMARTS) is 1. The fourth-order valence-electron chi connectivity index (χ4n) is 2.24. The van der Waals surface area contributed by atoms with Crippen LogP contribution in [0.25, 0.3) is 0 Å². The Morgan fingerprint density at radius 2 is 1.52 bits per heavy atom. The zero-order valence-electron chi connectivity index (χ0n) is 16.3. The molecule has 0 spiro atoms. The molecule has 0 aromatic carbocycles. The summed E-state index contributed by atoms with van der Waals surface area (Å²) in [7, 11) is 0. The highest BCUT2D eigenvalue weighted by Crippen LogP contribution is 2.09. The Bertz CT molecular complexity index is 526. The lowest BCUT2D eigenvalue weighted by molar-refractivity contribution is -0.139. The monoisotopic (exact) mass is 388 g/mol. The topological polar surface area (TPSA) is 171 Å². The molecule has 0 fully saturated rings. The minimum absolute atomic E-state index is 0.0642. The standard InChI is InChI=1S/C17H32N4O6/c1-5-10(4)14(18)17(27)20-11(6-9(2)3)16(26)21-12(8-22)15(25)19-7-13(23)24/h9-12,14,22H,5-8,18H2,1-4H3,(H,19,25)(H,20,27)(H,21,26)(H,23,24). The number of carboxylic acids is 1. The van der Waals surface area contributed by atoms with E-state index in [1.165, 1.54) is 0 Å². The van der Waals surface area contributed by atoms with Crippen LogP contribution in [0.5, 0.6) is 0 Å². The van der Waals surface area contributed by atoms with Gasteiger partial charge in [0.2, 0.25) is 17.7 Å². The van der Waals surface area contributed by atoms with Crippen molar-refractivity contribution in [2.45, 2.75) is 58.7 Å². The van der Waals surface area contributed by atoms with Crippen LogP contribution in [0.2, 0.25) is 0 Å². The summed E-state index contributed by atoms with van der Waals surface area (Å²) in [6.07, 6.45) is 1.01. The predicted octanol–water partition coefficient (Wildman–Crippen LogP) is -1.43. The molecule has 0 aromatic rings. The van der Waals surface area contributed by atoms with Crippen molar-refractivity contribution in [3.8, 4) is 0 Å².